The number of nitrogens with two attached hydrogens (primary N) is 1. The average molecular weight is 221 g/mol. The van der Waals surface area contributed by atoms with E-state index in [0.29, 0.717) is 6.42 Å². The zero-order valence-corrected chi connectivity index (χ0v) is 8.83. The quantitative estimate of drug-likeness (QED) is 0.830. The van der Waals surface area contributed by atoms with E-state index in [2.05, 4.69) is 0 Å². The van der Waals surface area contributed by atoms with E-state index in [1.807, 2.05) is 29.0 Å². The first-order valence-corrected chi connectivity index (χ1v) is 5.55. The molecule has 0 amide bonds. The third kappa shape index (κ3) is 2.00. The Bertz CT molecular complexity index is 452. The van der Waals surface area contributed by atoms with E-state index in [1.54, 1.807) is 11.3 Å². The molecule has 0 aromatic carbocycles. The van der Waals surface area contributed by atoms with Gasteiger partial charge in [0.15, 0.2) is 0 Å². The first kappa shape index (κ1) is 10.1. The van der Waals surface area contributed by atoms with Crippen LogP contribution >= 0.6 is 11.3 Å². The monoisotopic (exact) mass is 221 g/mol. The number of rotatable bonds is 3. The summed E-state index contributed by atoms with van der Waals surface area (Å²) in [5, 5.41) is 12.8. The van der Waals surface area contributed by atoms with Gasteiger partial charge in [-0.1, -0.05) is 12.1 Å². The van der Waals surface area contributed by atoms with E-state index in [9.17, 15) is 4.79 Å². The Morgan fingerprint density at radius 3 is 3.00 bits per heavy atom. The second kappa shape index (κ2) is 4.00. The molecule has 1 aliphatic carbocycles. The Kier molecular flexibility index (Phi) is 2.70. The van der Waals surface area contributed by atoms with E-state index in [0.717, 1.165) is 16.7 Å². The number of hydrogen-bond donors (Lipinski definition) is 2. The Labute approximate surface area is 91.5 Å². The molecule has 2 aliphatic rings. The molecule has 0 fully saturated rings. The number of fused-ring (bicyclic) bond motifs is 1. The Morgan fingerprint density at radius 1 is 1.47 bits per heavy atom. The first-order chi connectivity index (χ1) is 7.18. The summed E-state index contributed by atoms with van der Waals surface area (Å²) in [6, 6.07) is 5.12. The highest BCUT2D eigenvalue weighted by Crippen LogP contribution is 2.29. The highest BCUT2D eigenvalue weighted by Gasteiger charge is 2.16. The van der Waals surface area contributed by atoms with Crippen molar-refractivity contribution in [2.75, 3.05) is 0 Å². The van der Waals surface area contributed by atoms with Crippen LogP contribution in [0.5, 0.6) is 0 Å². The minimum absolute atomic E-state index is 0.382. The van der Waals surface area contributed by atoms with Crippen LogP contribution in [-0.4, -0.2) is 17.1 Å². The summed E-state index contributed by atoms with van der Waals surface area (Å²) < 4.78 is 0. The van der Waals surface area contributed by atoms with Crippen LogP contribution in [0.4, 0.5) is 0 Å². The number of carboxylic acids is 1. The van der Waals surface area contributed by atoms with Crippen molar-refractivity contribution >= 4 is 17.3 Å². The fourth-order valence-electron chi connectivity index (χ4n) is 1.58. The molecular weight excluding hydrogens is 210 g/mol. The normalized spacial score (nSPS) is 12.9. The van der Waals surface area contributed by atoms with Gasteiger partial charge in [-0.15, -0.1) is 0 Å². The van der Waals surface area contributed by atoms with Gasteiger partial charge in [0.1, 0.15) is 6.04 Å². The molecule has 3 nitrogen and oxygen atoms in total. The number of carbonyl (C=O) groups is 1. The maximum Gasteiger partial charge on any atom is 0.320 e. The molecule has 15 heavy (non-hydrogen) atoms. The van der Waals surface area contributed by atoms with Gasteiger partial charge in [0, 0.05) is 0 Å². The van der Waals surface area contributed by atoms with Crippen LogP contribution in [0.2, 0.25) is 0 Å². The van der Waals surface area contributed by atoms with Crippen LogP contribution in [0.15, 0.2) is 29.0 Å². The molecule has 0 aromatic heterocycles. The lowest BCUT2D eigenvalue weighted by atomic mass is 10.0. The van der Waals surface area contributed by atoms with E-state index in [-0.39, 0.29) is 0 Å². The molecule has 1 unspecified atom stereocenters. The highest BCUT2D eigenvalue weighted by molar-refractivity contribution is 7.07. The molecule has 0 saturated carbocycles. The maximum atomic E-state index is 10.6. The second-order valence-corrected chi connectivity index (χ2v) is 4.21. The molecule has 78 valence electrons. The van der Waals surface area contributed by atoms with Gasteiger partial charge in [-0.25, -0.2) is 0 Å². The molecular formula is C11H11NO2S. The van der Waals surface area contributed by atoms with Crippen molar-refractivity contribution in [1.82, 2.24) is 0 Å². The van der Waals surface area contributed by atoms with Gasteiger partial charge in [0.2, 0.25) is 0 Å². The first-order valence-electron chi connectivity index (χ1n) is 4.60. The summed E-state index contributed by atoms with van der Waals surface area (Å²) >= 11 is 1.62. The molecule has 2 rings (SSSR count). The summed E-state index contributed by atoms with van der Waals surface area (Å²) in [6.45, 7) is 0. The predicted molar refractivity (Wildman–Crippen MR) is 60.3 cm³/mol. The fourth-order valence-corrected chi connectivity index (χ4v) is 2.23. The Morgan fingerprint density at radius 2 is 2.27 bits per heavy atom. The Balaban J connectivity index is 2.26. The molecule has 0 aromatic rings. The standard InChI is InChI=1S/C11H11NO2S/c12-10(11(13)14)5-7-1-2-8-6-15-4-3-9(7)8/h1-4,6,10H,5,12H2,(H,13,14). The van der Waals surface area contributed by atoms with Gasteiger partial charge in [0.25, 0.3) is 0 Å². The summed E-state index contributed by atoms with van der Waals surface area (Å²) in [7, 11) is 0. The summed E-state index contributed by atoms with van der Waals surface area (Å²) in [5.74, 6) is -0.955. The van der Waals surface area contributed by atoms with E-state index in [1.165, 1.54) is 0 Å². The van der Waals surface area contributed by atoms with Crippen LogP contribution in [0.1, 0.15) is 5.56 Å². The van der Waals surface area contributed by atoms with Gasteiger partial charge in [-0.2, -0.15) is 11.3 Å². The van der Waals surface area contributed by atoms with Crippen molar-refractivity contribution in [1.29, 1.82) is 0 Å². The second-order valence-electron chi connectivity index (χ2n) is 3.43. The SMILES string of the molecule is NC(Cc1ccc2csccc1-2)C(=O)O. The third-order valence-corrected chi connectivity index (χ3v) is 3.07. The molecule has 0 saturated heterocycles. The van der Waals surface area contributed by atoms with Gasteiger partial charge in [-0.05, 0) is 39.9 Å². The van der Waals surface area contributed by atoms with Gasteiger partial charge >= 0.3 is 5.97 Å². The minimum atomic E-state index is -0.955. The zero-order chi connectivity index (χ0) is 10.8. The molecule has 3 N–H and O–H groups in total. The van der Waals surface area contributed by atoms with Crippen LogP contribution in [-0.2, 0) is 11.2 Å². The molecule has 0 spiro atoms. The van der Waals surface area contributed by atoms with Crippen molar-refractivity contribution < 1.29 is 9.90 Å². The fraction of sp³-hybridized carbons (Fsp3) is 0.182. The van der Waals surface area contributed by atoms with Gasteiger partial charge in [0.05, 0.1) is 0 Å². The van der Waals surface area contributed by atoms with Crippen LogP contribution in [0.3, 0.4) is 0 Å². The topological polar surface area (TPSA) is 63.3 Å². The largest absolute Gasteiger partial charge is 0.480 e. The summed E-state index contributed by atoms with van der Waals surface area (Å²) in [4.78, 5) is 10.6. The lowest BCUT2D eigenvalue weighted by Crippen LogP contribution is -2.32. The van der Waals surface area contributed by atoms with E-state index >= 15 is 0 Å². The van der Waals surface area contributed by atoms with Crippen LogP contribution < -0.4 is 5.73 Å². The van der Waals surface area contributed by atoms with Gasteiger partial charge < -0.3 is 10.8 Å². The minimum Gasteiger partial charge on any atom is -0.480 e. The number of carboxylic acid groups (broad SMARTS) is 1. The molecule has 0 radical (unpaired) electrons. The van der Waals surface area contributed by atoms with E-state index < -0.39 is 12.0 Å². The third-order valence-electron chi connectivity index (χ3n) is 2.39. The summed E-state index contributed by atoms with van der Waals surface area (Å²) in [5.41, 5.74) is 8.76. The maximum absolute atomic E-state index is 10.6. The van der Waals surface area contributed by atoms with Crippen molar-refractivity contribution in [2.45, 2.75) is 12.5 Å². The smallest absolute Gasteiger partial charge is 0.320 e. The predicted octanol–water partition coefficient (Wildman–Crippen LogP) is 1.81. The van der Waals surface area contributed by atoms with Crippen molar-refractivity contribution in [3.63, 3.8) is 0 Å². The molecule has 1 aliphatic heterocycles. The average Bonchev–Trinajstić information content (AvgIpc) is 2.62. The number of aliphatic carboxylic acids is 1. The van der Waals surface area contributed by atoms with Crippen molar-refractivity contribution in [3.05, 3.63) is 34.5 Å². The highest BCUT2D eigenvalue weighted by atomic mass is 32.1. The van der Waals surface area contributed by atoms with Crippen LogP contribution in [0.25, 0.3) is 11.1 Å². The van der Waals surface area contributed by atoms with Crippen molar-refractivity contribution in [2.24, 2.45) is 5.73 Å². The lowest BCUT2D eigenvalue weighted by molar-refractivity contribution is -0.138. The molecule has 1 heterocycles. The molecule has 4 heteroatoms. The van der Waals surface area contributed by atoms with Crippen LogP contribution in [0, 0.1) is 0 Å². The lowest BCUT2D eigenvalue weighted by Gasteiger charge is -2.07. The molecule has 0 bridgehead atoms. The van der Waals surface area contributed by atoms with E-state index in [4.69, 9.17) is 10.8 Å². The van der Waals surface area contributed by atoms with Gasteiger partial charge in [-0.3, -0.25) is 4.79 Å². The Hall–Kier alpha value is -1.39. The summed E-state index contributed by atoms with van der Waals surface area (Å²) in [6.07, 6.45) is 0.382. The zero-order valence-electron chi connectivity index (χ0n) is 8.01. The molecule has 1 atom stereocenters. The number of hydrogen-bond acceptors (Lipinski definition) is 3. The van der Waals surface area contributed by atoms with Crippen molar-refractivity contribution in [3.8, 4) is 11.1 Å².